The summed E-state index contributed by atoms with van der Waals surface area (Å²) in [4.78, 5) is 148. The second-order valence-electron chi connectivity index (χ2n) is 29.8. The van der Waals surface area contributed by atoms with Gasteiger partial charge in [0.25, 0.3) is 0 Å². The van der Waals surface area contributed by atoms with E-state index in [1.165, 1.54) is 48.5 Å². The summed E-state index contributed by atoms with van der Waals surface area (Å²) in [5, 5.41) is 180. The second-order valence-corrected chi connectivity index (χ2v) is 29.8. The minimum atomic E-state index is -4.67. The fourth-order valence-electron chi connectivity index (χ4n) is 11.4. The van der Waals surface area contributed by atoms with Crippen molar-refractivity contribution in [1.29, 1.82) is 0 Å². The zero-order chi connectivity index (χ0) is 108. The number of alkyl halides is 3. The lowest BCUT2D eigenvalue weighted by atomic mass is 10.2. The molecule has 0 bridgehead atoms. The average Bonchev–Trinajstić information content (AvgIpc) is 0.832. The van der Waals surface area contributed by atoms with Crippen LogP contribution in [0.25, 0.3) is 0 Å². The Kier molecular flexibility index (Phi) is 39.2. The molecular formula is C97H81F5N4O42. The number of aromatic hydroxyl groups is 18. The Morgan fingerprint density at radius 1 is 0.230 bits per heavy atom. The predicted molar refractivity (Wildman–Crippen MR) is 486 cm³/mol. The maximum atomic E-state index is 13.0. The maximum Gasteiger partial charge on any atom is 0.416 e. The summed E-state index contributed by atoms with van der Waals surface area (Å²) in [6.07, 6.45) is -14.0. The Labute approximate surface area is 826 Å². The lowest BCUT2D eigenvalue weighted by Gasteiger charge is -2.19. The van der Waals surface area contributed by atoms with Crippen molar-refractivity contribution in [3.05, 3.63) is 298 Å². The molecule has 0 aliphatic heterocycles. The van der Waals surface area contributed by atoms with Crippen molar-refractivity contribution in [2.45, 2.75) is 30.6 Å². The quantitative estimate of drug-likeness (QED) is 0.00806. The van der Waals surface area contributed by atoms with Crippen molar-refractivity contribution in [2.24, 2.45) is 0 Å². The van der Waals surface area contributed by atoms with E-state index >= 15 is 0 Å². The largest absolute Gasteiger partial charge is 0.504 e. The summed E-state index contributed by atoms with van der Waals surface area (Å²) in [7, 11) is 0. The highest BCUT2D eigenvalue weighted by Gasteiger charge is 2.33. The number of benzene rings is 12. The minimum absolute atomic E-state index is 0.00846. The molecule has 12 aromatic carbocycles. The highest BCUT2D eigenvalue weighted by Crippen LogP contribution is 2.39. The molecule has 0 aromatic heterocycles. The predicted octanol–water partition coefficient (Wildman–Crippen LogP) is 11.4. The Hall–Kier alpha value is -20.5. The molecule has 0 saturated carbocycles. The summed E-state index contributed by atoms with van der Waals surface area (Å²) in [5.41, 5.74) is -2.65. The SMILES string of the molecule is O=C(NCC(COC(=O)c1cc(O)c(O)c(O)c1)OC(=O)c1cc(O)c(O)c(O)c1)Oc1ccc(F)cc1.O=C(NCC(COC(=O)c1ccc(O)c(O)c1)OC(=O)c1ccc(O)c(O)c1)Oc1ccc(F)cc1.O=C(NCC(COC(=O)c1ccc(O)c(O)c1)OC(=O)c1ccc(O)c(O)c1)Oc1cccc(C(F)(F)F)c1.O=C(NCC(COC(=O)c1ccc(O)c(O)c1)OC(=O)c1ccc(O)c(O)c1)Oc1ccccc1. The van der Waals surface area contributed by atoms with Gasteiger partial charge in [0.1, 0.15) is 61.1 Å². The fraction of sp³-hybridized carbons (Fsp3) is 0.134. The number of phenolic OH excluding ortho intramolecular Hbond substituents is 18. The third-order valence-electron chi connectivity index (χ3n) is 18.8. The fourth-order valence-corrected chi connectivity index (χ4v) is 11.4. The van der Waals surface area contributed by atoms with Crippen molar-refractivity contribution in [3.63, 3.8) is 0 Å². The molecule has 0 aliphatic carbocycles. The molecule has 4 amide bonds. The van der Waals surface area contributed by atoms with E-state index < -0.39 is 274 Å². The van der Waals surface area contributed by atoms with Crippen LogP contribution in [0.15, 0.2) is 237 Å². The van der Waals surface area contributed by atoms with E-state index in [-0.39, 0.29) is 69.3 Å². The van der Waals surface area contributed by atoms with E-state index in [1.807, 2.05) is 0 Å². The van der Waals surface area contributed by atoms with E-state index in [2.05, 4.69) is 21.3 Å². The molecule has 51 heteroatoms. The van der Waals surface area contributed by atoms with Gasteiger partial charge in [-0.2, -0.15) is 13.2 Å². The van der Waals surface area contributed by atoms with Gasteiger partial charge in [-0.05, 0) is 212 Å². The highest BCUT2D eigenvalue weighted by atomic mass is 19.4. The number of nitrogens with one attached hydrogen (secondary N) is 4. The van der Waals surface area contributed by atoms with Crippen LogP contribution in [0.2, 0.25) is 0 Å². The molecule has 776 valence electrons. The zero-order valence-corrected chi connectivity index (χ0v) is 75.2. The molecule has 22 N–H and O–H groups in total. The van der Waals surface area contributed by atoms with Crippen LogP contribution in [0, 0.1) is 11.6 Å². The molecule has 148 heavy (non-hydrogen) atoms. The summed E-state index contributed by atoms with van der Waals surface area (Å²) in [6, 6.07) is 43.1. The molecule has 0 radical (unpaired) electrons. The second kappa shape index (κ2) is 52.2. The Balaban J connectivity index is 0.000000219. The van der Waals surface area contributed by atoms with Crippen LogP contribution in [0.4, 0.5) is 41.1 Å². The summed E-state index contributed by atoms with van der Waals surface area (Å²) in [5.74, 6) is -20.4. The van der Waals surface area contributed by atoms with Gasteiger partial charge in [-0.15, -0.1) is 0 Å². The normalized spacial score (nSPS) is 11.4. The number of carbonyl (C=O) groups excluding carboxylic acids is 12. The topological polar surface area (TPSA) is 728 Å². The number of amides is 4. The van der Waals surface area contributed by atoms with E-state index in [0.717, 1.165) is 152 Å². The number of para-hydroxylation sites is 1. The number of carbonyl (C=O) groups is 12. The Bertz CT molecular complexity index is 6770. The molecule has 4 atom stereocenters. The van der Waals surface area contributed by atoms with Gasteiger partial charge in [0.2, 0.25) is 0 Å². The molecule has 0 saturated heterocycles. The molecule has 12 rings (SSSR count). The maximum absolute atomic E-state index is 13.0. The number of halogens is 5. The monoisotopic (exact) mass is 2070 g/mol. The van der Waals surface area contributed by atoms with Gasteiger partial charge in [-0.25, -0.2) is 66.3 Å². The summed E-state index contributed by atoms with van der Waals surface area (Å²) in [6.45, 7) is -4.13. The smallest absolute Gasteiger partial charge is 0.416 e. The van der Waals surface area contributed by atoms with E-state index in [4.69, 9.17) is 56.8 Å². The lowest BCUT2D eigenvalue weighted by Crippen LogP contribution is -2.39. The minimum Gasteiger partial charge on any atom is -0.504 e. The number of hydrogen-bond donors (Lipinski definition) is 22. The first-order valence-corrected chi connectivity index (χ1v) is 41.8. The Morgan fingerprint density at radius 2 is 0.446 bits per heavy atom. The van der Waals surface area contributed by atoms with E-state index in [0.29, 0.717) is 6.07 Å². The number of phenols is 18. The molecule has 46 nitrogen and oxygen atoms in total. The van der Waals surface area contributed by atoms with Crippen molar-refractivity contribution in [3.8, 4) is 126 Å². The van der Waals surface area contributed by atoms with Gasteiger partial charge in [0.05, 0.1) is 76.3 Å². The van der Waals surface area contributed by atoms with E-state index in [1.54, 1.807) is 30.3 Å². The van der Waals surface area contributed by atoms with Crippen LogP contribution < -0.4 is 40.2 Å². The van der Waals surface area contributed by atoms with Crippen molar-refractivity contribution in [2.75, 3.05) is 52.6 Å². The van der Waals surface area contributed by atoms with Crippen molar-refractivity contribution < 1.29 is 228 Å². The number of hydrogen-bond acceptors (Lipinski definition) is 42. The molecule has 12 aromatic rings. The van der Waals surface area contributed by atoms with Crippen molar-refractivity contribution >= 4 is 72.1 Å². The molecule has 0 heterocycles. The number of rotatable bonds is 32. The summed E-state index contributed by atoms with van der Waals surface area (Å²) >= 11 is 0. The van der Waals surface area contributed by atoms with Crippen LogP contribution in [0.1, 0.15) is 88.4 Å². The van der Waals surface area contributed by atoms with Gasteiger partial charge < -0.3 is 170 Å². The van der Waals surface area contributed by atoms with Crippen LogP contribution in [-0.4, -0.2) is 241 Å². The van der Waals surface area contributed by atoms with Gasteiger partial charge >= 0.3 is 78.3 Å². The van der Waals surface area contributed by atoms with Crippen LogP contribution in [0.3, 0.4) is 0 Å². The van der Waals surface area contributed by atoms with Gasteiger partial charge in [-0.3, -0.25) is 0 Å². The highest BCUT2D eigenvalue weighted by molar-refractivity contribution is 5.95. The third-order valence-corrected chi connectivity index (χ3v) is 18.8. The average molecular weight is 2070 g/mol. The zero-order valence-electron chi connectivity index (χ0n) is 75.2. The first kappa shape index (κ1) is 111. The van der Waals surface area contributed by atoms with Crippen molar-refractivity contribution in [1.82, 2.24) is 21.3 Å². The standard InChI is InChI=1S/C25H20F3NO10.C24H20FNO12.C24H20FNO10.C24H21NO10/c26-25(27,28)15-2-1-3-16(10-15)39-24(36)29-11-17(38-23(35)14-5-7-19(31)21(33)9-14)12-37-22(34)13-4-6-18(30)20(32)8-13;25-13-1-3-14(4-2-13)38-24(35)26-9-15(37-23(34)12-7-18(29)21(32)19(30)8-12)10-36-22(33)11-5-16(27)20(31)17(28)6-11;25-15-3-5-16(6-4-15)36-24(33)26-11-17(35-23(32)14-2-8-19(28)21(30)10-14)12-34-22(31)13-1-7-18(27)20(29)9-13;26-18-8-6-14(10-20(18)28)22(30)33-13-17(12-25-24(32)35-16-4-2-1-3-5-16)34-23(31)15-7-9-19(27)21(29)11-15/h1-10,17,30-33H,11-12H2,(H,29,36);1-8,15,27-32H,9-10H2,(H,26,35);1-10,17,27-30H,11-12H2,(H,26,33);1-11,17,26-29H,12-13H2,(H,25,32). The Morgan fingerprint density at radius 3 is 0.703 bits per heavy atom. The van der Waals surface area contributed by atoms with Gasteiger partial charge in [0.15, 0.2) is 128 Å². The van der Waals surface area contributed by atoms with Gasteiger partial charge in [0, 0.05) is 0 Å². The first-order chi connectivity index (χ1) is 70.1. The molecule has 4 unspecified atom stereocenters. The lowest BCUT2D eigenvalue weighted by molar-refractivity contribution is -0.137. The summed E-state index contributed by atoms with van der Waals surface area (Å²) < 4.78 is 126. The molecular weight excluding hydrogens is 1990 g/mol. The molecule has 0 aliphatic rings. The van der Waals surface area contributed by atoms with Crippen LogP contribution in [-0.2, 0) is 44.1 Å². The molecule has 0 fully saturated rings. The molecule has 0 spiro atoms. The van der Waals surface area contributed by atoms with Crippen LogP contribution in [0.5, 0.6) is 126 Å². The number of ether oxygens (including phenoxy) is 12. The van der Waals surface area contributed by atoms with Gasteiger partial charge in [-0.1, -0.05) is 24.3 Å². The van der Waals surface area contributed by atoms with Crippen LogP contribution >= 0.6 is 0 Å². The third kappa shape index (κ3) is 34.5. The number of esters is 8. The first-order valence-electron chi connectivity index (χ1n) is 41.8. The van der Waals surface area contributed by atoms with E-state index in [9.17, 15) is 171 Å².